The summed E-state index contributed by atoms with van der Waals surface area (Å²) in [5, 5.41) is 23.7. The Hall–Kier alpha value is -0.890. The van der Waals surface area contributed by atoms with Crippen molar-refractivity contribution in [2.24, 2.45) is 28.6 Å². The number of ether oxygens (including phenoxy) is 2. The number of aliphatic hydroxyl groups excluding tert-OH is 1. The van der Waals surface area contributed by atoms with Gasteiger partial charge in [0.1, 0.15) is 0 Å². The van der Waals surface area contributed by atoms with Crippen molar-refractivity contribution in [1.29, 1.82) is 0 Å². The van der Waals surface area contributed by atoms with Crippen LogP contribution in [0, 0.1) is 28.6 Å². The molecule has 2 unspecified atom stereocenters. The molecule has 4 rings (SSSR count). The van der Waals surface area contributed by atoms with Crippen molar-refractivity contribution >= 4 is 17.9 Å². The van der Waals surface area contributed by atoms with E-state index in [9.17, 15) is 24.6 Å². The van der Waals surface area contributed by atoms with E-state index in [2.05, 4.69) is 6.92 Å². The largest absolute Gasteiger partial charge is 1.00 e. The summed E-state index contributed by atoms with van der Waals surface area (Å²) in [7, 11) is 0. The van der Waals surface area contributed by atoms with Crippen LogP contribution in [-0.4, -0.2) is 41.3 Å². The monoisotopic (exact) mass is 442 g/mol. The second-order valence-electron chi connectivity index (χ2n) is 10.0. The predicted octanol–water partition coefficient (Wildman–Crippen LogP) is -0.845. The molecule has 0 heterocycles. The Balaban J connectivity index is 0.00000272. The summed E-state index contributed by atoms with van der Waals surface area (Å²) in [6.07, 6.45) is 3.73. The number of aliphatic carboxylic acids is 1. The molecule has 0 aromatic heterocycles. The number of rotatable bonds is 3. The van der Waals surface area contributed by atoms with Crippen LogP contribution in [0.5, 0.6) is 0 Å². The summed E-state index contributed by atoms with van der Waals surface area (Å²) in [5.74, 6) is -1.23. The van der Waals surface area contributed by atoms with Crippen molar-refractivity contribution in [3.63, 3.8) is 0 Å². The minimum absolute atomic E-state index is 0. The molecule has 3 saturated carbocycles. The summed E-state index contributed by atoms with van der Waals surface area (Å²) < 4.78 is 10.3. The number of carboxylic acids is 1. The fourth-order valence-corrected chi connectivity index (χ4v) is 7.51. The van der Waals surface area contributed by atoms with E-state index >= 15 is 0 Å². The van der Waals surface area contributed by atoms with Crippen molar-refractivity contribution in [2.75, 3.05) is 6.61 Å². The molecule has 7 nitrogen and oxygen atoms in total. The topological polar surface area (TPSA) is 113 Å². The van der Waals surface area contributed by atoms with Crippen molar-refractivity contribution in [3.05, 3.63) is 11.6 Å². The second kappa shape index (κ2) is 8.47. The fraction of sp³-hybridized carbons (Fsp3) is 0.783. The third-order valence-electron chi connectivity index (χ3n) is 8.87. The first-order chi connectivity index (χ1) is 14.1. The summed E-state index contributed by atoms with van der Waals surface area (Å²) in [6, 6.07) is 0. The van der Waals surface area contributed by atoms with Gasteiger partial charge in [0.15, 0.2) is 11.4 Å². The predicted molar refractivity (Wildman–Crippen MR) is 104 cm³/mol. The molecule has 0 aromatic rings. The molecule has 0 spiro atoms. The fourth-order valence-electron chi connectivity index (χ4n) is 7.51. The number of hydrogen-bond acceptors (Lipinski definition) is 7. The molecular weight excluding hydrogens is 411 g/mol. The van der Waals surface area contributed by atoms with Gasteiger partial charge in [0.25, 0.3) is 0 Å². The van der Waals surface area contributed by atoms with Gasteiger partial charge in [0.2, 0.25) is 0 Å². The molecule has 4 aliphatic carbocycles. The van der Waals surface area contributed by atoms with Crippen LogP contribution in [0.2, 0.25) is 0 Å². The average Bonchev–Trinajstić information content (AvgIpc) is 2.95. The molecular formula is C23H31NaO7. The van der Waals surface area contributed by atoms with Gasteiger partial charge < -0.3 is 24.5 Å². The standard InChI is InChI=1S/C23H32O7.Na/c1-4-29-20(28)30-23(19(26)27)10-8-16-15-6-5-13-11-14(24)7-9-21(13,2)18(15)17(25)12-22(16,23)3;/h11,15-18,25H,4-10,12H2,1-3H3,(H,26,27);/q;+1/p-1/t15-,16-,17?,18-,21-,22-,23?;/m0./s1. The first kappa shape index (κ1) is 24.7. The maximum Gasteiger partial charge on any atom is 1.00 e. The van der Waals surface area contributed by atoms with Gasteiger partial charge in [-0.1, -0.05) is 19.4 Å². The van der Waals surface area contributed by atoms with Crippen LogP contribution in [0.15, 0.2) is 11.6 Å². The molecule has 0 bridgehead atoms. The zero-order valence-electron chi connectivity index (χ0n) is 18.9. The summed E-state index contributed by atoms with van der Waals surface area (Å²) in [6.45, 7) is 5.67. The van der Waals surface area contributed by atoms with Crippen molar-refractivity contribution < 1.29 is 63.6 Å². The van der Waals surface area contributed by atoms with E-state index in [0.29, 0.717) is 19.3 Å². The van der Waals surface area contributed by atoms with Crippen LogP contribution in [0.3, 0.4) is 0 Å². The zero-order valence-corrected chi connectivity index (χ0v) is 20.9. The number of aliphatic hydroxyl groups is 1. The third kappa shape index (κ3) is 3.51. The number of carbonyl (C=O) groups is 3. The van der Waals surface area contributed by atoms with E-state index in [-0.39, 0.29) is 78.0 Å². The molecule has 1 N–H and O–H groups in total. The Morgan fingerprint density at radius 1 is 1.23 bits per heavy atom. The van der Waals surface area contributed by atoms with Crippen LogP contribution in [-0.2, 0) is 19.1 Å². The first-order valence-electron chi connectivity index (χ1n) is 11.1. The van der Waals surface area contributed by atoms with E-state index in [1.807, 2.05) is 6.92 Å². The first-order valence-corrected chi connectivity index (χ1v) is 11.1. The van der Waals surface area contributed by atoms with Crippen molar-refractivity contribution in [1.82, 2.24) is 0 Å². The molecule has 0 amide bonds. The number of carboxylic acid groups (broad SMARTS) is 1. The summed E-state index contributed by atoms with van der Waals surface area (Å²) >= 11 is 0. The molecule has 31 heavy (non-hydrogen) atoms. The maximum atomic E-state index is 12.3. The Kier molecular flexibility index (Phi) is 6.76. The molecule has 0 aliphatic heterocycles. The van der Waals surface area contributed by atoms with E-state index in [0.717, 1.165) is 18.4 Å². The maximum absolute atomic E-state index is 12.3. The molecule has 8 heteroatoms. The smallest absolute Gasteiger partial charge is 0.546 e. The molecule has 3 fully saturated rings. The normalized spacial score (nSPS) is 43.5. The molecule has 0 aromatic carbocycles. The number of hydrogen-bond donors (Lipinski definition) is 1. The zero-order chi connectivity index (χ0) is 21.9. The van der Waals surface area contributed by atoms with Crippen LogP contribution < -0.4 is 34.7 Å². The SMILES string of the molecule is CCOC(=O)OC1(C(=O)[O-])CC[C@H]2[C@@H]3CCC4=CC(=O)CC[C@]4(C)[C@@H]3C(O)C[C@@]21C.[Na+]. The number of fused-ring (bicyclic) bond motifs is 5. The van der Waals surface area contributed by atoms with Gasteiger partial charge in [-0.05, 0) is 74.7 Å². The third-order valence-corrected chi connectivity index (χ3v) is 8.87. The van der Waals surface area contributed by atoms with Gasteiger partial charge in [-0.3, -0.25) is 4.79 Å². The molecule has 166 valence electrons. The van der Waals surface area contributed by atoms with Crippen molar-refractivity contribution in [2.45, 2.75) is 77.4 Å². The van der Waals surface area contributed by atoms with Crippen LogP contribution in [0.25, 0.3) is 0 Å². The van der Waals surface area contributed by atoms with E-state index in [1.54, 1.807) is 13.0 Å². The van der Waals surface area contributed by atoms with Gasteiger partial charge in [-0.25, -0.2) is 4.79 Å². The summed E-state index contributed by atoms with van der Waals surface area (Å²) in [4.78, 5) is 36.4. The minimum atomic E-state index is -1.81. The van der Waals surface area contributed by atoms with Gasteiger partial charge in [-0.15, -0.1) is 0 Å². The Morgan fingerprint density at radius 3 is 2.58 bits per heavy atom. The Bertz CT molecular complexity index is 810. The van der Waals surface area contributed by atoms with Gasteiger partial charge in [0, 0.05) is 11.8 Å². The van der Waals surface area contributed by atoms with E-state index in [1.165, 1.54) is 0 Å². The van der Waals surface area contributed by atoms with Crippen molar-refractivity contribution in [3.8, 4) is 0 Å². The second-order valence-corrected chi connectivity index (χ2v) is 10.0. The molecule has 7 atom stereocenters. The average molecular weight is 442 g/mol. The van der Waals surface area contributed by atoms with Gasteiger partial charge in [-0.2, -0.15) is 0 Å². The molecule has 0 radical (unpaired) electrons. The van der Waals surface area contributed by atoms with Crippen LogP contribution >= 0.6 is 0 Å². The van der Waals surface area contributed by atoms with Crippen LogP contribution in [0.4, 0.5) is 4.79 Å². The minimum Gasteiger partial charge on any atom is -0.546 e. The number of allylic oxidation sites excluding steroid dienone is 1. The molecule has 4 aliphatic rings. The number of ketones is 1. The molecule has 0 saturated heterocycles. The van der Waals surface area contributed by atoms with Gasteiger partial charge >= 0.3 is 35.7 Å². The van der Waals surface area contributed by atoms with Crippen LogP contribution in [0.1, 0.15) is 65.7 Å². The Morgan fingerprint density at radius 2 is 1.94 bits per heavy atom. The van der Waals surface area contributed by atoms with E-state index in [4.69, 9.17) is 9.47 Å². The summed E-state index contributed by atoms with van der Waals surface area (Å²) in [5.41, 5.74) is -1.89. The van der Waals surface area contributed by atoms with E-state index < -0.39 is 29.2 Å². The van der Waals surface area contributed by atoms with Gasteiger partial charge in [0.05, 0.1) is 18.7 Å². The Labute approximate surface area is 205 Å². The quantitative estimate of drug-likeness (QED) is 0.448. The number of carbonyl (C=O) groups excluding carboxylic acids is 3.